The predicted molar refractivity (Wildman–Crippen MR) is 85.8 cm³/mol. The largest absolute Gasteiger partial charge is 0.481 e. The first-order valence-electron chi connectivity index (χ1n) is 7.68. The van der Waals surface area contributed by atoms with Gasteiger partial charge in [-0.2, -0.15) is 5.10 Å². The Morgan fingerprint density at radius 3 is 2.60 bits per heavy atom. The van der Waals surface area contributed by atoms with E-state index < -0.39 is 16.8 Å². The molecule has 130 valence electrons. The lowest BCUT2D eigenvalue weighted by molar-refractivity contribution is -0.385. The molecule has 1 aliphatic heterocycles. The van der Waals surface area contributed by atoms with Crippen molar-refractivity contribution < 1.29 is 19.6 Å². The molecule has 0 aliphatic carbocycles. The Kier molecular flexibility index (Phi) is 4.46. The number of carboxylic acid groups (broad SMARTS) is 1. The van der Waals surface area contributed by atoms with E-state index >= 15 is 0 Å². The van der Waals surface area contributed by atoms with E-state index in [1.54, 1.807) is 0 Å². The van der Waals surface area contributed by atoms with Gasteiger partial charge in [0.2, 0.25) is 5.91 Å². The van der Waals surface area contributed by atoms with Crippen LogP contribution < -0.4 is 0 Å². The van der Waals surface area contributed by atoms with Gasteiger partial charge in [-0.15, -0.1) is 0 Å². The number of aliphatic carboxylic acids is 1. The fourth-order valence-corrected chi connectivity index (χ4v) is 3.07. The summed E-state index contributed by atoms with van der Waals surface area (Å²) in [4.78, 5) is 35.6. The van der Waals surface area contributed by atoms with Crippen molar-refractivity contribution in [1.82, 2.24) is 14.7 Å². The van der Waals surface area contributed by atoms with Gasteiger partial charge in [-0.25, -0.2) is 0 Å². The molecule has 9 nitrogen and oxygen atoms in total. The Morgan fingerprint density at radius 1 is 1.28 bits per heavy atom. The van der Waals surface area contributed by atoms with Crippen molar-refractivity contribution in [3.05, 3.63) is 58.4 Å². The summed E-state index contributed by atoms with van der Waals surface area (Å²) in [5.74, 6) is -2.23. The van der Waals surface area contributed by atoms with Gasteiger partial charge in [0.25, 0.3) is 0 Å². The summed E-state index contributed by atoms with van der Waals surface area (Å²) in [5, 5.41) is 23.9. The van der Waals surface area contributed by atoms with Crippen molar-refractivity contribution in [2.45, 2.75) is 12.5 Å². The zero-order chi connectivity index (χ0) is 18.0. The minimum Gasteiger partial charge on any atom is -0.481 e. The number of nitro groups is 1. The first kappa shape index (κ1) is 16.6. The maximum Gasteiger partial charge on any atom is 0.308 e. The van der Waals surface area contributed by atoms with Crippen LogP contribution in [0, 0.1) is 16.0 Å². The van der Waals surface area contributed by atoms with Crippen molar-refractivity contribution in [3.63, 3.8) is 0 Å². The third-order valence-corrected chi connectivity index (χ3v) is 4.35. The molecule has 0 radical (unpaired) electrons. The molecule has 2 heterocycles. The Hall–Kier alpha value is -3.23. The number of nitrogens with zero attached hydrogens (tertiary/aromatic N) is 4. The van der Waals surface area contributed by atoms with Gasteiger partial charge in [-0.1, -0.05) is 30.3 Å². The molecule has 1 aliphatic rings. The van der Waals surface area contributed by atoms with Crippen LogP contribution >= 0.6 is 0 Å². The summed E-state index contributed by atoms with van der Waals surface area (Å²) < 4.78 is 1.19. The zero-order valence-corrected chi connectivity index (χ0v) is 13.2. The highest BCUT2D eigenvalue weighted by Crippen LogP contribution is 2.33. The van der Waals surface area contributed by atoms with E-state index in [1.807, 2.05) is 30.3 Å². The molecular formula is C16H16N4O5. The van der Waals surface area contributed by atoms with Gasteiger partial charge < -0.3 is 10.0 Å². The lowest BCUT2D eigenvalue weighted by Crippen LogP contribution is -2.33. The molecule has 0 bridgehead atoms. The molecule has 1 aromatic carbocycles. The van der Waals surface area contributed by atoms with Crippen LogP contribution in [0.4, 0.5) is 5.69 Å². The molecule has 9 heteroatoms. The zero-order valence-electron chi connectivity index (χ0n) is 13.2. The molecule has 0 unspecified atom stereocenters. The average molecular weight is 344 g/mol. The van der Waals surface area contributed by atoms with Crippen molar-refractivity contribution in [1.29, 1.82) is 0 Å². The molecule has 1 fully saturated rings. The van der Waals surface area contributed by atoms with E-state index in [0.29, 0.717) is 6.54 Å². The number of likely N-dealkylation sites (tertiary alicyclic amines) is 1. The van der Waals surface area contributed by atoms with Gasteiger partial charge in [0.15, 0.2) is 0 Å². The Labute approximate surface area is 142 Å². The summed E-state index contributed by atoms with van der Waals surface area (Å²) >= 11 is 0. The van der Waals surface area contributed by atoms with Crippen LogP contribution in [0.15, 0.2) is 42.7 Å². The number of rotatable bonds is 5. The predicted octanol–water partition coefficient (Wildman–Crippen LogP) is 1.12. The fourth-order valence-electron chi connectivity index (χ4n) is 3.07. The number of hydrogen-bond donors (Lipinski definition) is 1. The number of benzene rings is 1. The van der Waals surface area contributed by atoms with Crippen LogP contribution in [0.25, 0.3) is 0 Å². The van der Waals surface area contributed by atoms with Gasteiger partial charge in [-0.3, -0.25) is 24.4 Å². The quantitative estimate of drug-likeness (QED) is 0.641. The minimum absolute atomic E-state index is 0.108. The highest BCUT2D eigenvalue weighted by molar-refractivity contribution is 5.79. The van der Waals surface area contributed by atoms with E-state index in [1.165, 1.54) is 15.8 Å². The van der Waals surface area contributed by atoms with Crippen LogP contribution in [-0.2, 0) is 16.1 Å². The van der Waals surface area contributed by atoms with Crippen LogP contribution in [0.5, 0.6) is 0 Å². The molecule has 25 heavy (non-hydrogen) atoms. The minimum atomic E-state index is -0.945. The lowest BCUT2D eigenvalue weighted by Gasteiger charge is -2.16. The van der Waals surface area contributed by atoms with Crippen molar-refractivity contribution in [2.75, 3.05) is 13.1 Å². The molecule has 1 amide bonds. The van der Waals surface area contributed by atoms with Gasteiger partial charge in [0.05, 0.1) is 10.8 Å². The second kappa shape index (κ2) is 6.71. The first-order chi connectivity index (χ1) is 12.0. The number of hydrogen-bond acceptors (Lipinski definition) is 5. The van der Waals surface area contributed by atoms with E-state index in [9.17, 15) is 24.8 Å². The second-order valence-corrected chi connectivity index (χ2v) is 5.91. The Bertz CT molecular complexity index is 804. The third kappa shape index (κ3) is 3.49. The molecule has 1 saturated heterocycles. The van der Waals surface area contributed by atoms with E-state index in [-0.39, 0.29) is 30.6 Å². The van der Waals surface area contributed by atoms with Crippen molar-refractivity contribution in [2.24, 2.45) is 5.92 Å². The molecule has 3 rings (SSSR count). The van der Waals surface area contributed by atoms with E-state index in [0.717, 1.165) is 11.8 Å². The first-order valence-corrected chi connectivity index (χ1v) is 7.68. The normalized spacial score (nSPS) is 19.8. The summed E-state index contributed by atoms with van der Waals surface area (Å²) in [6.45, 7) is 0.238. The van der Waals surface area contributed by atoms with Gasteiger partial charge in [0, 0.05) is 19.0 Å². The topological polar surface area (TPSA) is 119 Å². The molecule has 1 aromatic heterocycles. The van der Waals surface area contributed by atoms with E-state index in [2.05, 4.69) is 5.10 Å². The lowest BCUT2D eigenvalue weighted by atomic mass is 9.89. The van der Waals surface area contributed by atoms with Crippen LogP contribution in [0.1, 0.15) is 11.5 Å². The van der Waals surface area contributed by atoms with Crippen LogP contribution in [-0.4, -0.2) is 49.7 Å². The molecular weight excluding hydrogens is 328 g/mol. The molecule has 1 N–H and O–H groups in total. The van der Waals surface area contributed by atoms with Gasteiger partial charge in [-0.05, 0) is 5.56 Å². The number of carbonyl (C=O) groups excluding carboxylic acids is 1. The average Bonchev–Trinajstić information content (AvgIpc) is 3.22. The SMILES string of the molecule is O=C(O)[C@@H]1CN(C(=O)Cn2cc([N+](=O)[O-])cn2)C[C@@H]1c1ccccc1. The highest BCUT2D eigenvalue weighted by atomic mass is 16.6. The van der Waals surface area contributed by atoms with Gasteiger partial charge in [0.1, 0.15) is 18.9 Å². The Morgan fingerprint density at radius 2 is 2.00 bits per heavy atom. The summed E-state index contributed by atoms with van der Waals surface area (Å²) in [6.07, 6.45) is 2.25. The Balaban J connectivity index is 1.73. The number of carboxylic acids is 1. The molecule has 2 aromatic rings. The van der Waals surface area contributed by atoms with Crippen LogP contribution in [0.3, 0.4) is 0 Å². The molecule has 0 spiro atoms. The number of carbonyl (C=O) groups is 2. The van der Waals surface area contributed by atoms with Crippen LogP contribution in [0.2, 0.25) is 0 Å². The van der Waals surface area contributed by atoms with Crippen molar-refractivity contribution in [3.8, 4) is 0 Å². The number of aromatic nitrogens is 2. The summed E-state index contributed by atoms with van der Waals surface area (Å²) in [5.41, 5.74) is 0.680. The standard InChI is InChI=1S/C16H16N4O5/c21-15(10-19-7-12(6-17-19)20(24)25)18-8-13(14(9-18)16(22)23)11-4-2-1-3-5-11/h1-7,13-14H,8-10H2,(H,22,23)/t13-,14-/m1/s1. The summed E-state index contributed by atoms with van der Waals surface area (Å²) in [7, 11) is 0. The third-order valence-electron chi connectivity index (χ3n) is 4.35. The van der Waals surface area contributed by atoms with E-state index in [4.69, 9.17) is 0 Å². The van der Waals surface area contributed by atoms with Crippen molar-refractivity contribution >= 4 is 17.6 Å². The second-order valence-electron chi connectivity index (χ2n) is 5.91. The fraction of sp³-hybridized carbons (Fsp3) is 0.312. The van der Waals surface area contributed by atoms with Gasteiger partial charge >= 0.3 is 11.7 Å². The molecule has 2 atom stereocenters. The maximum absolute atomic E-state index is 12.4. The maximum atomic E-state index is 12.4. The number of amides is 1. The smallest absolute Gasteiger partial charge is 0.308 e. The summed E-state index contributed by atoms with van der Waals surface area (Å²) in [6, 6.07) is 9.22. The highest BCUT2D eigenvalue weighted by Gasteiger charge is 2.40. The molecule has 0 saturated carbocycles. The monoisotopic (exact) mass is 344 g/mol.